The molecule has 2 amide bonds. The maximum Gasteiger partial charge on any atom is 0.253 e. The first-order chi connectivity index (χ1) is 10.6. The van der Waals surface area contributed by atoms with Crippen molar-refractivity contribution in [2.24, 2.45) is 0 Å². The summed E-state index contributed by atoms with van der Waals surface area (Å²) in [4.78, 5) is 23.7. The van der Waals surface area contributed by atoms with Crippen molar-refractivity contribution in [3.05, 3.63) is 71.3 Å². The Morgan fingerprint density at radius 2 is 1.68 bits per heavy atom. The van der Waals surface area contributed by atoms with Crippen LogP contribution in [0.2, 0.25) is 0 Å². The van der Waals surface area contributed by atoms with Gasteiger partial charge in [0.2, 0.25) is 5.91 Å². The summed E-state index contributed by atoms with van der Waals surface area (Å²) < 4.78 is 0. The number of hydrogen-bond acceptors (Lipinski definition) is 2. The second-order valence-corrected chi connectivity index (χ2v) is 4.86. The number of aryl methyl sites for hydroxylation is 1. The van der Waals surface area contributed by atoms with E-state index < -0.39 is 0 Å². The SMILES string of the molecule is CNC(=O)c1ccccc1NC(=O)/C=C/c1ccc(C)cc1. The van der Waals surface area contributed by atoms with Crippen molar-refractivity contribution in [3.63, 3.8) is 0 Å². The van der Waals surface area contributed by atoms with Gasteiger partial charge in [0.05, 0.1) is 11.3 Å². The van der Waals surface area contributed by atoms with E-state index in [4.69, 9.17) is 0 Å². The molecule has 2 rings (SSSR count). The summed E-state index contributed by atoms with van der Waals surface area (Å²) >= 11 is 0. The third-order valence-electron chi connectivity index (χ3n) is 3.16. The molecule has 0 aromatic heterocycles. The largest absolute Gasteiger partial charge is 0.355 e. The van der Waals surface area contributed by atoms with Gasteiger partial charge in [-0.25, -0.2) is 0 Å². The fourth-order valence-electron chi connectivity index (χ4n) is 1.95. The zero-order valence-corrected chi connectivity index (χ0v) is 12.6. The lowest BCUT2D eigenvalue weighted by Crippen LogP contribution is -2.20. The quantitative estimate of drug-likeness (QED) is 0.852. The van der Waals surface area contributed by atoms with Crippen LogP contribution in [0.3, 0.4) is 0 Å². The van der Waals surface area contributed by atoms with Gasteiger partial charge in [-0.3, -0.25) is 9.59 Å². The van der Waals surface area contributed by atoms with Crippen molar-refractivity contribution in [1.29, 1.82) is 0 Å². The first kappa shape index (κ1) is 15.5. The second kappa shape index (κ2) is 7.22. The van der Waals surface area contributed by atoms with Gasteiger partial charge in [-0.2, -0.15) is 0 Å². The molecule has 112 valence electrons. The number of anilines is 1. The van der Waals surface area contributed by atoms with Gasteiger partial charge >= 0.3 is 0 Å². The van der Waals surface area contributed by atoms with Crippen LogP contribution in [0.4, 0.5) is 5.69 Å². The molecule has 22 heavy (non-hydrogen) atoms. The standard InChI is InChI=1S/C18H18N2O2/c1-13-7-9-14(10-8-13)11-12-17(21)20-16-6-4-3-5-15(16)18(22)19-2/h3-12H,1-2H3,(H,19,22)(H,20,21)/b12-11+. The van der Waals surface area contributed by atoms with Crippen LogP contribution in [0.15, 0.2) is 54.6 Å². The van der Waals surface area contributed by atoms with E-state index >= 15 is 0 Å². The normalized spacial score (nSPS) is 10.5. The molecule has 0 spiro atoms. The highest BCUT2D eigenvalue weighted by molar-refractivity contribution is 6.07. The summed E-state index contributed by atoms with van der Waals surface area (Å²) in [5.41, 5.74) is 3.03. The summed E-state index contributed by atoms with van der Waals surface area (Å²) in [5, 5.41) is 5.27. The third kappa shape index (κ3) is 4.06. The molecule has 0 aliphatic rings. The highest BCUT2D eigenvalue weighted by Crippen LogP contribution is 2.15. The van der Waals surface area contributed by atoms with Crippen LogP contribution < -0.4 is 10.6 Å². The zero-order valence-electron chi connectivity index (χ0n) is 12.6. The molecule has 0 aliphatic carbocycles. The molecule has 4 nitrogen and oxygen atoms in total. The van der Waals surface area contributed by atoms with Gasteiger partial charge in [0.1, 0.15) is 0 Å². The summed E-state index contributed by atoms with van der Waals surface area (Å²) in [6.45, 7) is 2.01. The fourth-order valence-corrected chi connectivity index (χ4v) is 1.95. The third-order valence-corrected chi connectivity index (χ3v) is 3.16. The van der Waals surface area contributed by atoms with E-state index in [0.717, 1.165) is 5.56 Å². The first-order valence-electron chi connectivity index (χ1n) is 6.97. The maximum atomic E-state index is 12.0. The predicted molar refractivity (Wildman–Crippen MR) is 88.7 cm³/mol. The number of carbonyl (C=O) groups is 2. The Kier molecular flexibility index (Phi) is 5.09. The zero-order chi connectivity index (χ0) is 15.9. The minimum Gasteiger partial charge on any atom is -0.355 e. The van der Waals surface area contributed by atoms with Gasteiger partial charge < -0.3 is 10.6 Å². The maximum absolute atomic E-state index is 12.0. The van der Waals surface area contributed by atoms with E-state index in [1.165, 1.54) is 11.6 Å². The molecule has 2 aromatic rings. The molecule has 0 bridgehead atoms. The lowest BCUT2D eigenvalue weighted by Gasteiger charge is -2.08. The molecule has 4 heteroatoms. The molecule has 0 saturated heterocycles. The van der Waals surface area contributed by atoms with Gasteiger partial charge in [0, 0.05) is 13.1 Å². The van der Waals surface area contributed by atoms with Crippen LogP contribution in [-0.2, 0) is 4.79 Å². The Morgan fingerprint density at radius 3 is 2.36 bits per heavy atom. The molecule has 0 heterocycles. The van der Waals surface area contributed by atoms with Gasteiger partial charge in [0.25, 0.3) is 5.91 Å². The van der Waals surface area contributed by atoms with Crippen molar-refractivity contribution in [1.82, 2.24) is 5.32 Å². The number of nitrogens with one attached hydrogen (secondary N) is 2. The highest BCUT2D eigenvalue weighted by Gasteiger charge is 2.10. The van der Waals surface area contributed by atoms with Crippen LogP contribution in [0, 0.1) is 6.92 Å². The van der Waals surface area contributed by atoms with Crippen molar-refractivity contribution in [2.75, 3.05) is 12.4 Å². The van der Waals surface area contributed by atoms with Crippen molar-refractivity contribution < 1.29 is 9.59 Å². The van der Waals surface area contributed by atoms with Crippen LogP contribution in [0.25, 0.3) is 6.08 Å². The molecule has 0 atom stereocenters. The number of rotatable bonds is 4. The monoisotopic (exact) mass is 294 g/mol. The fraction of sp³-hybridized carbons (Fsp3) is 0.111. The van der Waals surface area contributed by atoms with Crippen molar-refractivity contribution >= 4 is 23.6 Å². The number of para-hydroxylation sites is 1. The minimum atomic E-state index is -0.281. The lowest BCUT2D eigenvalue weighted by atomic mass is 10.1. The molecule has 0 aliphatic heterocycles. The highest BCUT2D eigenvalue weighted by atomic mass is 16.2. The average molecular weight is 294 g/mol. The van der Waals surface area contributed by atoms with Crippen molar-refractivity contribution in [2.45, 2.75) is 6.92 Å². The molecule has 2 N–H and O–H groups in total. The number of benzene rings is 2. The molecular weight excluding hydrogens is 276 g/mol. The number of amides is 2. The lowest BCUT2D eigenvalue weighted by molar-refractivity contribution is -0.111. The summed E-state index contributed by atoms with van der Waals surface area (Å²) in [6, 6.07) is 14.7. The van der Waals surface area contributed by atoms with Crippen LogP contribution in [0.5, 0.6) is 0 Å². The van der Waals surface area contributed by atoms with Crippen molar-refractivity contribution in [3.8, 4) is 0 Å². The summed E-state index contributed by atoms with van der Waals surface area (Å²) in [7, 11) is 1.55. The topological polar surface area (TPSA) is 58.2 Å². The smallest absolute Gasteiger partial charge is 0.253 e. The Hall–Kier alpha value is -2.88. The molecule has 0 unspecified atom stereocenters. The second-order valence-electron chi connectivity index (χ2n) is 4.86. The Balaban J connectivity index is 2.09. The molecule has 0 saturated carbocycles. The minimum absolute atomic E-state index is 0.238. The number of carbonyl (C=O) groups excluding carboxylic acids is 2. The van der Waals surface area contributed by atoms with E-state index in [9.17, 15) is 9.59 Å². The Labute approximate surface area is 129 Å². The van der Waals surface area contributed by atoms with Gasteiger partial charge in [-0.1, -0.05) is 42.0 Å². The van der Waals surface area contributed by atoms with E-state index in [-0.39, 0.29) is 11.8 Å². The Morgan fingerprint density at radius 1 is 1.00 bits per heavy atom. The molecule has 2 aromatic carbocycles. The van der Waals surface area contributed by atoms with Gasteiger partial charge in [-0.15, -0.1) is 0 Å². The van der Waals surface area contributed by atoms with E-state index in [2.05, 4.69) is 10.6 Å². The van der Waals surface area contributed by atoms with Crippen LogP contribution >= 0.6 is 0 Å². The van der Waals surface area contributed by atoms with Gasteiger partial charge in [0.15, 0.2) is 0 Å². The Bertz CT molecular complexity index is 703. The summed E-state index contributed by atoms with van der Waals surface area (Å²) in [5.74, 6) is -0.518. The first-order valence-corrected chi connectivity index (χ1v) is 6.97. The van der Waals surface area contributed by atoms with E-state index in [1.807, 2.05) is 31.2 Å². The molecular formula is C18H18N2O2. The summed E-state index contributed by atoms with van der Waals surface area (Å²) in [6.07, 6.45) is 3.18. The molecule has 0 fully saturated rings. The average Bonchev–Trinajstić information content (AvgIpc) is 2.54. The van der Waals surface area contributed by atoms with E-state index in [0.29, 0.717) is 11.3 Å². The van der Waals surface area contributed by atoms with Gasteiger partial charge in [-0.05, 0) is 30.7 Å². The predicted octanol–water partition coefficient (Wildman–Crippen LogP) is 3.01. The van der Waals surface area contributed by atoms with Crippen LogP contribution in [-0.4, -0.2) is 18.9 Å². The van der Waals surface area contributed by atoms with Crippen LogP contribution in [0.1, 0.15) is 21.5 Å². The number of hydrogen-bond donors (Lipinski definition) is 2. The van der Waals surface area contributed by atoms with E-state index in [1.54, 1.807) is 37.4 Å². The molecule has 0 radical (unpaired) electrons.